The van der Waals surface area contributed by atoms with E-state index in [-0.39, 0.29) is 6.23 Å². The first-order valence-electron chi connectivity index (χ1n) is 10.7. The van der Waals surface area contributed by atoms with Crippen LogP contribution in [0.1, 0.15) is 27.7 Å². The van der Waals surface area contributed by atoms with E-state index in [0.29, 0.717) is 11.3 Å². The van der Waals surface area contributed by atoms with Crippen LogP contribution in [0.5, 0.6) is 5.75 Å². The predicted molar refractivity (Wildman–Crippen MR) is 121 cm³/mol. The van der Waals surface area contributed by atoms with E-state index in [4.69, 9.17) is 9.94 Å². The summed E-state index contributed by atoms with van der Waals surface area (Å²) in [7, 11) is 0. The van der Waals surface area contributed by atoms with Crippen molar-refractivity contribution in [1.82, 2.24) is 15.4 Å². The highest BCUT2D eigenvalue weighted by atomic mass is 16.5. The number of hydrogen-bond donors (Lipinski definition) is 3. The summed E-state index contributed by atoms with van der Waals surface area (Å²) >= 11 is 0. The molecule has 1 unspecified atom stereocenters. The van der Waals surface area contributed by atoms with E-state index >= 15 is 0 Å². The molecular formula is C24H25N5O3. The first-order chi connectivity index (χ1) is 15.7. The normalized spacial score (nSPS) is 17.9. The molecule has 1 atom stereocenters. The zero-order valence-electron chi connectivity index (χ0n) is 17.6. The first kappa shape index (κ1) is 20.3. The van der Waals surface area contributed by atoms with Crippen LogP contribution in [-0.2, 0) is 6.54 Å². The van der Waals surface area contributed by atoms with Gasteiger partial charge in [0.2, 0.25) is 0 Å². The molecule has 3 heterocycles. The fraction of sp³-hybridized carbons (Fsp3) is 0.250. The van der Waals surface area contributed by atoms with Crippen LogP contribution in [0.4, 0.5) is 11.4 Å². The smallest absolute Gasteiger partial charge is 0.274 e. The van der Waals surface area contributed by atoms with Gasteiger partial charge in [-0.25, -0.2) is 5.48 Å². The highest BCUT2D eigenvalue weighted by Gasteiger charge is 2.24. The Morgan fingerprint density at radius 2 is 1.81 bits per heavy atom. The fourth-order valence-electron chi connectivity index (χ4n) is 4.18. The van der Waals surface area contributed by atoms with E-state index in [1.165, 1.54) is 11.3 Å². The highest BCUT2D eigenvalue weighted by molar-refractivity contribution is 5.95. The summed E-state index contributed by atoms with van der Waals surface area (Å²) in [6.45, 7) is 4.99. The molecule has 1 aromatic heterocycles. The molecule has 3 aromatic rings. The van der Waals surface area contributed by atoms with E-state index in [0.717, 1.165) is 44.0 Å². The number of nitrogens with one attached hydrogen (secondary N) is 2. The summed E-state index contributed by atoms with van der Waals surface area (Å²) in [6, 6.07) is 17.6. The lowest BCUT2D eigenvalue weighted by Gasteiger charge is -2.36. The number of anilines is 2. The van der Waals surface area contributed by atoms with Crippen molar-refractivity contribution in [2.24, 2.45) is 0 Å². The summed E-state index contributed by atoms with van der Waals surface area (Å²) in [5, 5.41) is 12.1. The number of piperazine rings is 1. The minimum Gasteiger partial charge on any atom is -0.464 e. The van der Waals surface area contributed by atoms with E-state index in [9.17, 15) is 4.79 Å². The molecule has 0 aliphatic carbocycles. The van der Waals surface area contributed by atoms with Crippen molar-refractivity contribution in [3.63, 3.8) is 0 Å². The molecule has 1 saturated heterocycles. The Morgan fingerprint density at radius 3 is 2.53 bits per heavy atom. The van der Waals surface area contributed by atoms with Crippen molar-refractivity contribution in [3.8, 4) is 5.75 Å². The molecule has 1 fully saturated rings. The van der Waals surface area contributed by atoms with Gasteiger partial charge in [0.15, 0.2) is 6.23 Å². The molecule has 0 spiro atoms. The van der Waals surface area contributed by atoms with Gasteiger partial charge in [-0.3, -0.25) is 19.9 Å². The van der Waals surface area contributed by atoms with Crippen molar-refractivity contribution in [2.45, 2.75) is 12.8 Å². The lowest BCUT2D eigenvalue weighted by Crippen LogP contribution is -2.45. The Balaban J connectivity index is 1.17. The minimum absolute atomic E-state index is 0.310. The van der Waals surface area contributed by atoms with E-state index in [1.54, 1.807) is 23.7 Å². The zero-order chi connectivity index (χ0) is 21.9. The summed E-state index contributed by atoms with van der Waals surface area (Å²) < 4.78 is 5.98. The standard InChI is InChI=1S/C24H25N5O3/c30-23(27-31)19-5-6-22-21(15-19)26-24(32-22)18-3-1-17(2-4-18)16-28-11-13-29(14-12-28)20-7-9-25-10-8-20/h1-10,15,24,26,31H,11-14,16H2,(H,27,30). The van der Waals surface area contributed by atoms with Crippen LogP contribution < -0.4 is 20.4 Å². The van der Waals surface area contributed by atoms with Crippen LogP contribution in [0.3, 0.4) is 0 Å². The van der Waals surface area contributed by atoms with Gasteiger partial charge in [0, 0.05) is 61.9 Å². The summed E-state index contributed by atoms with van der Waals surface area (Å²) in [6.07, 6.45) is 3.38. The molecule has 5 rings (SSSR count). The van der Waals surface area contributed by atoms with E-state index < -0.39 is 5.91 Å². The number of amides is 1. The molecule has 0 bridgehead atoms. The Labute approximate surface area is 186 Å². The van der Waals surface area contributed by atoms with Gasteiger partial charge in [-0.15, -0.1) is 0 Å². The Kier molecular flexibility index (Phi) is 5.62. The molecule has 8 heteroatoms. The Hall–Kier alpha value is -3.62. The highest BCUT2D eigenvalue weighted by Crippen LogP contribution is 2.38. The predicted octanol–water partition coefficient (Wildman–Crippen LogP) is 3.03. The third kappa shape index (κ3) is 4.23. The third-order valence-electron chi connectivity index (χ3n) is 5.96. The van der Waals surface area contributed by atoms with Crippen LogP contribution in [0.15, 0.2) is 67.0 Å². The van der Waals surface area contributed by atoms with Crippen LogP contribution in [0, 0.1) is 0 Å². The second-order valence-electron chi connectivity index (χ2n) is 8.00. The van der Waals surface area contributed by atoms with Crippen molar-refractivity contribution in [2.75, 3.05) is 36.4 Å². The van der Waals surface area contributed by atoms with Crippen molar-refractivity contribution in [3.05, 3.63) is 83.7 Å². The van der Waals surface area contributed by atoms with Crippen molar-refractivity contribution in [1.29, 1.82) is 0 Å². The van der Waals surface area contributed by atoms with Gasteiger partial charge in [0.25, 0.3) is 5.91 Å². The van der Waals surface area contributed by atoms with Gasteiger partial charge in [0.1, 0.15) is 5.75 Å². The Morgan fingerprint density at radius 1 is 1.06 bits per heavy atom. The summed E-state index contributed by atoms with van der Waals surface area (Å²) in [5.74, 6) is 0.129. The third-order valence-corrected chi connectivity index (χ3v) is 5.96. The zero-order valence-corrected chi connectivity index (χ0v) is 17.6. The number of hydrogen-bond acceptors (Lipinski definition) is 7. The van der Waals surface area contributed by atoms with Crippen molar-refractivity contribution >= 4 is 17.3 Å². The van der Waals surface area contributed by atoms with Crippen LogP contribution in [0.25, 0.3) is 0 Å². The molecular weight excluding hydrogens is 406 g/mol. The average molecular weight is 431 g/mol. The number of fused-ring (bicyclic) bond motifs is 1. The van der Waals surface area contributed by atoms with Crippen LogP contribution in [0.2, 0.25) is 0 Å². The number of carbonyl (C=O) groups is 1. The quantitative estimate of drug-likeness (QED) is 0.423. The van der Waals surface area contributed by atoms with Gasteiger partial charge < -0.3 is 15.0 Å². The topological polar surface area (TPSA) is 90.0 Å². The SMILES string of the molecule is O=C(NO)c1ccc2c(c1)NC(c1ccc(CN3CCN(c4ccncc4)CC3)cc1)O2. The number of carbonyl (C=O) groups excluding carboxylic acids is 1. The average Bonchev–Trinajstić information content (AvgIpc) is 3.28. The number of hydroxylamine groups is 1. The van der Waals surface area contributed by atoms with Gasteiger partial charge in [-0.2, -0.15) is 0 Å². The summed E-state index contributed by atoms with van der Waals surface area (Å²) in [5.41, 5.74) is 6.26. The van der Waals surface area contributed by atoms with Gasteiger partial charge in [0.05, 0.1) is 5.69 Å². The molecule has 2 aliphatic heterocycles. The van der Waals surface area contributed by atoms with Gasteiger partial charge in [-0.05, 0) is 35.9 Å². The molecule has 2 aliphatic rings. The summed E-state index contributed by atoms with van der Waals surface area (Å²) in [4.78, 5) is 20.6. The molecule has 0 saturated carbocycles. The number of pyridine rings is 1. The minimum atomic E-state index is -0.552. The number of ether oxygens (including phenoxy) is 1. The van der Waals surface area contributed by atoms with Gasteiger partial charge in [-0.1, -0.05) is 24.3 Å². The number of benzene rings is 2. The van der Waals surface area contributed by atoms with Crippen LogP contribution >= 0.6 is 0 Å². The number of aromatic nitrogens is 1. The fourth-order valence-corrected chi connectivity index (χ4v) is 4.18. The number of rotatable bonds is 5. The van der Waals surface area contributed by atoms with Gasteiger partial charge >= 0.3 is 0 Å². The molecule has 1 amide bonds. The molecule has 2 aromatic carbocycles. The lowest BCUT2D eigenvalue weighted by atomic mass is 10.1. The Bertz CT molecular complexity index is 1080. The molecule has 0 radical (unpaired) electrons. The maximum absolute atomic E-state index is 11.6. The molecule has 8 nitrogen and oxygen atoms in total. The first-order valence-corrected chi connectivity index (χ1v) is 10.7. The van der Waals surface area contributed by atoms with E-state index in [2.05, 4.69) is 56.5 Å². The molecule has 3 N–H and O–H groups in total. The monoisotopic (exact) mass is 431 g/mol. The second-order valence-corrected chi connectivity index (χ2v) is 8.00. The largest absolute Gasteiger partial charge is 0.464 e. The van der Waals surface area contributed by atoms with Crippen molar-refractivity contribution < 1.29 is 14.7 Å². The van der Waals surface area contributed by atoms with E-state index in [1.807, 2.05) is 12.4 Å². The maximum Gasteiger partial charge on any atom is 0.274 e. The molecule has 164 valence electrons. The lowest BCUT2D eigenvalue weighted by molar-refractivity contribution is 0.0706. The number of nitrogens with zero attached hydrogens (tertiary/aromatic N) is 3. The van der Waals surface area contributed by atoms with Crippen LogP contribution in [-0.4, -0.2) is 47.2 Å². The second kappa shape index (κ2) is 8.86. The maximum atomic E-state index is 11.6. The molecule has 32 heavy (non-hydrogen) atoms.